The second-order valence-corrected chi connectivity index (χ2v) is 10.4. The van der Waals surface area contributed by atoms with Crippen molar-refractivity contribution in [2.45, 2.75) is 54.7 Å². The molecular formula is C25H26F2N6O2S. The van der Waals surface area contributed by atoms with Crippen LogP contribution in [0.1, 0.15) is 48.0 Å². The number of rotatable bonds is 9. The number of amides is 1. The highest BCUT2D eigenvalue weighted by Gasteiger charge is 2.38. The van der Waals surface area contributed by atoms with Crippen LogP contribution in [-0.2, 0) is 22.8 Å². The van der Waals surface area contributed by atoms with Crippen LogP contribution in [0.15, 0.2) is 59.9 Å². The average molecular weight is 513 g/mol. The maximum absolute atomic E-state index is 12.7. The molecule has 11 heteroatoms. The van der Waals surface area contributed by atoms with Crippen LogP contribution in [0.3, 0.4) is 0 Å². The number of nitrogens with one attached hydrogen (secondary N) is 1. The maximum Gasteiger partial charge on any atom is 0.316 e. The number of alkyl halides is 2. The van der Waals surface area contributed by atoms with Crippen LogP contribution in [0, 0.1) is 17.2 Å². The van der Waals surface area contributed by atoms with Gasteiger partial charge in [0.1, 0.15) is 16.4 Å². The number of benzene rings is 1. The van der Waals surface area contributed by atoms with Gasteiger partial charge < -0.3 is 11.1 Å². The number of nitrogens with two attached hydrogens (primary N) is 1. The van der Waals surface area contributed by atoms with Gasteiger partial charge in [-0.3, -0.25) is 14.5 Å². The van der Waals surface area contributed by atoms with E-state index in [0.29, 0.717) is 11.6 Å². The fourth-order valence-electron chi connectivity index (χ4n) is 4.71. The summed E-state index contributed by atoms with van der Waals surface area (Å²) < 4.78 is 38.7. The molecular weight excluding hydrogens is 486 g/mol. The molecule has 2 heterocycles. The smallest absolute Gasteiger partial charge is 0.316 e. The molecule has 0 radical (unpaired) electrons. The zero-order chi connectivity index (χ0) is 25.7. The SMILES string of the molecule is N#CCC1(n2cc(C(N)=O)c(Nc3ccc(S(=O)C(F)F)cc3)n2)CCC(Cc2cccnc2)CC1. The highest BCUT2D eigenvalue weighted by atomic mass is 32.2. The number of primary amides is 1. The number of hydrogen-bond donors (Lipinski definition) is 2. The van der Waals surface area contributed by atoms with E-state index >= 15 is 0 Å². The summed E-state index contributed by atoms with van der Waals surface area (Å²) in [5.41, 5.74) is 6.84. The summed E-state index contributed by atoms with van der Waals surface area (Å²) in [6.45, 7) is 0. The van der Waals surface area contributed by atoms with Crippen LogP contribution >= 0.6 is 0 Å². The monoisotopic (exact) mass is 512 g/mol. The minimum atomic E-state index is -2.98. The fraction of sp³-hybridized carbons (Fsp3) is 0.360. The van der Waals surface area contributed by atoms with E-state index in [0.717, 1.165) is 32.1 Å². The predicted octanol–water partition coefficient (Wildman–Crippen LogP) is 4.49. The van der Waals surface area contributed by atoms with Crippen molar-refractivity contribution >= 4 is 28.2 Å². The largest absolute Gasteiger partial charge is 0.365 e. The highest BCUT2D eigenvalue weighted by Crippen LogP contribution is 2.41. The van der Waals surface area contributed by atoms with Crippen molar-refractivity contribution in [3.05, 3.63) is 66.1 Å². The van der Waals surface area contributed by atoms with E-state index in [-0.39, 0.29) is 22.7 Å². The van der Waals surface area contributed by atoms with Gasteiger partial charge in [-0.1, -0.05) is 6.07 Å². The van der Waals surface area contributed by atoms with Gasteiger partial charge in [0.05, 0.1) is 18.0 Å². The van der Waals surface area contributed by atoms with Crippen LogP contribution in [0.4, 0.5) is 20.3 Å². The van der Waals surface area contributed by atoms with E-state index < -0.39 is 28.0 Å². The number of pyridine rings is 1. The van der Waals surface area contributed by atoms with Gasteiger partial charge in [-0.15, -0.1) is 0 Å². The van der Waals surface area contributed by atoms with E-state index in [2.05, 4.69) is 27.5 Å². The summed E-state index contributed by atoms with van der Waals surface area (Å²) in [5.74, 6) is -2.99. The summed E-state index contributed by atoms with van der Waals surface area (Å²) >= 11 is 0. The topological polar surface area (TPSA) is 127 Å². The van der Waals surface area contributed by atoms with E-state index in [1.165, 1.54) is 29.8 Å². The van der Waals surface area contributed by atoms with Gasteiger partial charge in [-0.05, 0) is 73.9 Å². The number of halogens is 2. The summed E-state index contributed by atoms with van der Waals surface area (Å²) in [5, 5.41) is 17.2. The number of carbonyl (C=O) groups is 1. The van der Waals surface area contributed by atoms with Crippen LogP contribution in [0.5, 0.6) is 0 Å². The van der Waals surface area contributed by atoms with Gasteiger partial charge in [-0.2, -0.15) is 19.1 Å². The first kappa shape index (κ1) is 25.4. The zero-order valence-electron chi connectivity index (χ0n) is 19.4. The number of hydrogen-bond acceptors (Lipinski definition) is 6. The molecule has 3 aromatic rings. The Morgan fingerprint density at radius 1 is 1.28 bits per heavy atom. The van der Waals surface area contributed by atoms with Crippen LogP contribution < -0.4 is 11.1 Å². The zero-order valence-corrected chi connectivity index (χ0v) is 20.3. The van der Waals surface area contributed by atoms with Crippen molar-refractivity contribution in [1.29, 1.82) is 5.26 Å². The molecule has 2 aromatic heterocycles. The van der Waals surface area contributed by atoms with Gasteiger partial charge in [-0.25, -0.2) is 4.21 Å². The number of anilines is 2. The quantitative estimate of drug-likeness (QED) is 0.435. The fourth-order valence-corrected chi connectivity index (χ4v) is 5.32. The molecule has 1 aliphatic rings. The number of carbonyl (C=O) groups excluding carboxylic acids is 1. The minimum absolute atomic E-state index is 0.00720. The molecule has 36 heavy (non-hydrogen) atoms. The minimum Gasteiger partial charge on any atom is -0.365 e. The van der Waals surface area contributed by atoms with Crippen molar-refractivity contribution in [2.75, 3.05) is 5.32 Å². The third-order valence-corrected chi connectivity index (χ3v) is 7.73. The Kier molecular flexibility index (Phi) is 7.74. The first-order valence-corrected chi connectivity index (χ1v) is 12.7. The van der Waals surface area contributed by atoms with Crippen LogP contribution in [0.2, 0.25) is 0 Å². The molecule has 188 valence electrons. The summed E-state index contributed by atoms with van der Waals surface area (Å²) in [6, 6.07) is 11.9. The Labute approximate surface area is 210 Å². The molecule has 3 N–H and O–H groups in total. The number of nitrogens with zero attached hydrogens (tertiary/aromatic N) is 4. The molecule has 1 aliphatic carbocycles. The van der Waals surface area contributed by atoms with Crippen LogP contribution in [0.25, 0.3) is 0 Å². The van der Waals surface area contributed by atoms with Crippen molar-refractivity contribution in [3.8, 4) is 6.07 Å². The molecule has 1 aromatic carbocycles. The predicted molar refractivity (Wildman–Crippen MR) is 131 cm³/mol. The third kappa shape index (κ3) is 5.60. The molecule has 0 spiro atoms. The standard InChI is InChI=1S/C25H26F2N6O2S/c26-24(27)36(35)20-5-3-19(4-6-20)31-23-21(22(29)34)16-33(32-23)25(11-12-28)9-7-17(8-10-25)14-18-2-1-13-30-15-18/h1-6,13,15-17,24H,7-11,14H2,(H2,29,34)(H,31,32). The molecule has 0 aliphatic heterocycles. The Morgan fingerprint density at radius 2 is 2.00 bits per heavy atom. The Hall–Kier alpha value is -3.65. The summed E-state index contributed by atoms with van der Waals surface area (Å²) in [7, 11) is -2.41. The Bertz CT molecular complexity index is 1270. The number of aromatic nitrogens is 3. The van der Waals surface area contributed by atoms with Gasteiger partial charge in [0.15, 0.2) is 5.82 Å². The lowest BCUT2D eigenvalue weighted by atomic mass is 9.73. The van der Waals surface area contributed by atoms with E-state index in [1.54, 1.807) is 17.1 Å². The Morgan fingerprint density at radius 3 is 2.58 bits per heavy atom. The van der Waals surface area contributed by atoms with Crippen molar-refractivity contribution in [1.82, 2.24) is 14.8 Å². The number of nitriles is 1. The molecule has 1 amide bonds. The van der Waals surface area contributed by atoms with Crippen molar-refractivity contribution < 1.29 is 17.8 Å². The molecule has 0 bridgehead atoms. The van der Waals surface area contributed by atoms with Gasteiger partial charge in [0.2, 0.25) is 0 Å². The van der Waals surface area contributed by atoms with Gasteiger partial charge in [0.25, 0.3) is 5.91 Å². The summed E-state index contributed by atoms with van der Waals surface area (Å²) in [6.07, 6.45) is 9.59. The second kappa shape index (κ2) is 11.0. The molecule has 1 saturated carbocycles. The van der Waals surface area contributed by atoms with E-state index in [4.69, 9.17) is 5.73 Å². The first-order valence-electron chi connectivity index (χ1n) is 11.5. The first-order chi connectivity index (χ1) is 17.3. The molecule has 4 rings (SSSR count). The Balaban J connectivity index is 1.54. The summed E-state index contributed by atoms with van der Waals surface area (Å²) in [4.78, 5) is 16.4. The molecule has 1 unspecified atom stereocenters. The van der Waals surface area contributed by atoms with Crippen LogP contribution in [-0.4, -0.2) is 30.6 Å². The molecule has 1 fully saturated rings. The maximum atomic E-state index is 12.7. The van der Waals surface area contributed by atoms with Gasteiger partial charge in [0, 0.05) is 29.2 Å². The third-order valence-electron chi connectivity index (χ3n) is 6.67. The lowest BCUT2D eigenvalue weighted by molar-refractivity contribution is 0.1000. The van der Waals surface area contributed by atoms with Crippen molar-refractivity contribution in [3.63, 3.8) is 0 Å². The molecule has 0 saturated heterocycles. The lowest BCUT2D eigenvalue weighted by Crippen LogP contribution is -2.38. The average Bonchev–Trinajstić information content (AvgIpc) is 3.31. The lowest BCUT2D eigenvalue weighted by Gasteiger charge is -2.39. The van der Waals surface area contributed by atoms with Crippen molar-refractivity contribution in [2.24, 2.45) is 11.7 Å². The normalized spacial score (nSPS) is 20.6. The second-order valence-electron chi connectivity index (χ2n) is 8.98. The van der Waals surface area contributed by atoms with Gasteiger partial charge >= 0.3 is 5.76 Å². The highest BCUT2D eigenvalue weighted by molar-refractivity contribution is 7.85. The molecule has 8 nitrogen and oxygen atoms in total. The van der Waals surface area contributed by atoms with E-state index in [1.807, 2.05) is 12.3 Å². The molecule has 1 atom stereocenters. The van der Waals surface area contributed by atoms with E-state index in [9.17, 15) is 23.0 Å².